The van der Waals surface area contributed by atoms with Gasteiger partial charge < -0.3 is 0 Å². The summed E-state index contributed by atoms with van der Waals surface area (Å²) < 4.78 is 4.46. The van der Waals surface area contributed by atoms with Crippen molar-refractivity contribution in [3.05, 3.63) is 23.0 Å². The van der Waals surface area contributed by atoms with Crippen LogP contribution < -0.4 is 0 Å². The van der Waals surface area contributed by atoms with E-state index in [9.17, 15) is 0 Å². The number of hydrogen-bond acceptors (Lipinski definition) is 3. The number of rotatable bonds is 3. The Labute approximate surface area is 105 Å². The van der Waals surface area contributed by atoms with E-state index in [-0.39, 0.29) is 0 Å². The average Bonchev–Trinajstić information content (AvgIpc) is 2.82. The lowest BCUT2D eigenvalue weighted by Gasteiger charge is -2.07. The number of hydrogen-bond donors (Lipinski definition) is 1. The first-order chi connectivity index (χ1) is 8.00. The van der Waals surface area contributed by atoms with E-state index >= 15 is 0 Å². The van der Waals surface area contributed by atoms with Crippen molar-refractivity contribution in [2.75, 3.05) is 0 Å². The fraction of sp³-hybridized carbons (Fsp3) is 0.545. The fourth-order valence-electron chi connectivity index (χ4n) is 1.67. The van der Waals surface area contributed by atoms with Gasteiger partial charge in [-0.05, 0) is 26.1 Å². The quantitative estimate of drug-likeness (QED) is 0.853. The van der Waals surface area contributed by atoms with Crippen LogP contribution in [0.1, 0.15) is 45.5 Å². The first-order valence-electron chi connectivity index (χ1n) is 5.72. The van der Waals surface area contributed by atoms with E-state index < -0.39 is 0 Å². The van der Waals surface area contributed by atoms with E-state index in [0.717, 1.165) is 11.5 Å². The second-order valence-corrected chi connectivity index (χ2v) is 5.04. The Bertz CT molecular complexity index is 560. The molecule has 5 nitrogen and oxygen atoms in total. The average molecular weight is 251 g/mol. The minimum absolute atomic E-state index is 0.311. The Morgan fingerprint density at radius 3 is 2.53 bits per heavy atom. The number of aromatic nitrogens is 5. The third kappa shape index (κ3) is 2.17. The van der Waals surface area contributed by atoms with E-state index in [1.54, 1.807) is 0 Å². The summed E-state index contributed by atoms with van der Waals surface area (Å²) in [5.41, 5.74) is 0.959. The van der Waals surface area contributed by atoms with Crippen molar-refractivity contribution in [2.45, 2.75) is 39.7 Å². The van der Waals surface area contributed by atoms with Crippen molar-refractivity contribution in [3.8, 4) is 5.69 Å². The predicted octanol–water partition coefficient (Wildman–Crippen LogP) is 2.83. The van der Waals surface area contributed by atoms with Gasteiger partial charge in [0, 0.05) is 18.2 Å². The van der Waals surface area contributed by atoms with Crippen molar-refractivity contribution < 1.29 is 0 Å². The topological polar surface area (TPSA) is 51.4 Å². The van der Waals surface area contributed by atoms with Gasteiger partial charge in [0.1, 0.15) is 5.82 Å². The van der Waals surface area contributed by atoms with Crippen molar-refractivity contribution in [1.82, 2.24) is 24.5 Å². The molecule has 0 radical (unpaired) electrons. The zero-order valence-corrected chi connectivity index (χ0v) is 11.3. The maximum Gasteiger partial charge on any atom is 0.199 e. The minimum atomic E-state index is 0.311. The minimum Gasteiger partial charge on any atom is -0.269 e. The molecular weight excluding hydrogens is 234 g/mol. The second kappa shape index (κ2) is 4.44. The molecular formula is C11H17N5S. The Balaban J connectivity index is 2.52. The third-order valence-corrected chi connectivity index (χ3v) is 2.86. The molecule has 92 valence electrons. The summed E-state index contributed by atoms with van der Waals surface area (Å²) in [6.07, 6.45) is 3.80. The molecule has 2 aromatic rings. The number of aromatic amines is 1. The van der Waals surface area contributed by atoms with Gasteiger partial charge in [-0.25, -0.2) is 0 Å². The van der Waals surface area contributed by atoms with Crippen molar-refractivity contribution in [2.24, 2.45) is 0 Å². The van der Waals surface area contributed by atoms with Crippen LogP contribution in [0.3, 0.4) is 0 Å². The normalized spacial score (nSPS) is 11.6. The van der Waals surface area contributed by atoms with Gasteiger partial charge in [0.05, 0.1) is 11.9 Å². The molecule has 0 aliphatic rings. The fourth-order valence-corrected chi connectivity index (χ4v) is 1.92. The van der Waals surface area contributed by atoms with Crippen LogP contribution >= 0.6 is 12.2 Å². The molecule has 0 unspecified atom stereocenters. The lowest BCUT2D eigenvalue weighted by Crippen LogP contribution is -2.03. The second-order valence-electron chi connectivity index (χ2n) is 4.65. The van der Waals surface area contributed by atoms with Crippen LogP contribution in [-0.2, 0) is 0 Å². The van der Waals surface area contributed by atoms with Gasteiger partial charge >= 0.3 is 0 Å². The zero-order valence-electron chi connectivity index (χ0n) is 10.5. The van der Waals surface area contributed by atoms with Crippen molar-refractivity contribution in [1.29, 1.82) is 0 Å². The highest BCUT2D eigenvalue weighted by molar-refractivity contribution is 7.71. The molecule has 0 spiro atoms. The van der Waals surface area contributed by atoms with Gasteiger partial charge in [-0.2, -0.15) is 10.2 Å². The predicted molar refractivity (Wildman–Crippen MR) is 69.0 cm³/mol. The summed E-state index contributed by atoms with van der Waals surface area (Å²) in [7, 11) is 0. The highest BCUT2D eigenvalue weighted by Crippen LogP contribution is 2.18. The number of H-pyrrole nitrogens is 1. The van der Waals surface area contributed by atoms with Gasteiger partial charge in [-0.3, -0.25) is 14.3 Å². The van der Waals surface area contributed by atoms with Crippen LogP contribution in [0.2, 0.25) is 0 Å². The molecule has 0 aliphatic carbocycles. The van der Waals surface area contributed by atoms with Gasteiger partial charge in [0.15, 0.2) is 4.77 Å². The largest absolute Gasteiger partial charge is 0.269 e. The summed E-state index contributed by atoms with van der Waals surface area (Å²) in [4.78, 5) is 0. The van der Waals surface area contributed by atoms with Crippen LogP contribution in [-0.4, -0.2) is 24.5 Å². The Morgan fingerprint density at radius 2 is 2.00 bits per heavy atom. The van der Waals surface area contributed by atoms with E-state index in [2.05, 4.69) is 43.0 Å². The molecule has 2 heterocycles. The SMILES string of the molecule is CC(C)c1n[nH]c(=S)n1-c1cnn(C(C)C)c1. The highest BCUT2D eigenvalue weighted by Gasteiger charge is 2.13. The van der Waals surface area contributed by atoms with E-state index in [1.807, 2.05) is 21.6 Å². The van der Waals surface area contributed by atoms with Gasteiger partial charge in [-0.15, -0.1) is 0 Å². The van der Waals surface area contributed by atoms with Gasteiger partial charge in [0.25, 0.3) is 0 Å². The first kappa shape index (κ1) is 12.0. The zero-order chi connectivity index (χ0) is 12.6. The maximum atomic E-state index is 5.26. The van der Waals surface area contributed by atoms with Crippen LogP contribution in [0.15, 0.2) is 12.4 Å². The summed E-state index contributed by atoms with van der Waals surface area (Å²) in [5, 5.41) is 11.4. The lowest BCUT2D eigenvalue weighted by atomic mass is 10.2. The molecule has 0 amide bonds. The Hall–Kier alpha value is -1.43. The molecule has 1 N–H and O–H groups in total. The molecule has 0 bridgehead atoms. The summed E-state index contributed by atoms with van der Waals surface area (Å²) in [5.74, 6) is 1.24. The summed E-state index contributed by atoms with van der Waals surface area (Å²) in [6.45, 7) is 8.37. The monoisotopic (exact) mass is 251 g/mol. The van der Waals surface area contributed by atoms with Crippen LogP contribution in [0.5, 0.6) is 0 Å². The molecule has 0 saturated carbocycles. The van der Waals surface area contributed by atoms with Gasteiger partial charge in [0.2, 0.25) is 0 Å². The van der Waals surface area contributed by atoms with Gasteiger partial charge in [-0.1, -0.05) is 13.8 Å². The Morgan fingerprint density at radius 1 is 1.29 bits per heavy atom. The van der Waals surface area contributed by atoms with Crippen molar-refractivity contribution in [3.63, 3.8) is 0 Å². The number of nitrogens with one attached hydrogen (secondary N) is 1. The smallest absolute Gasteiger partial charge is 0.199 e. The van der Waals surface area contributed by atoms with Crippen LogP contribution in [0.4, 0.5) is 0 Å². The van der Waals surface area contributed by atoms with Crippen LogP contribution in [0, 0.1) is 4.77 Å². The van der Waals surface area contributed by atoms with Crippen LogP contribution in [0.25, 0.3) is 5.69 Å². The molecule has 0 aromatic carbocycles. The molecule has 0 aliphatic heterocycles. The third-order valence-electron chi connectivity index (χ3n) is 2.59. The maximum absolute atomic E-state index is 5.26. The summed E-state index contributed by atoms with van der Waals surface area (Å²) >= 11 is 5.26. The van der Waals surface area contributed by atoms with Crippen molar-refractivity contribution >= 4 is 12.2 Å². The standard InChI is InChI=1S/C11H17N5S/c1-7(2)10-13-14-11(17)16(10)9-5-12-15(6-9)8(3)4/h5-8H,1-4H3,(H,14,17). The molecule has 0 fully saturated rings. The number of nitrogens with zero attached hydrogens (tertiary/aromatic N) is 4. The highest BCUT2D eigenvalue weighted by atomic mass is 32.1. The Kier molecular flexibility index (Phi) is 3.15. The lowest BCUT2D eigenvalue weighted by molar-refractivity contribution is 0.532. The van der Waals surface area contributed by atoms with E-state index in [1.165, 1.54) is 0 Å². The molecule has 0 saturated heterocycles. The van der Waals surface area contributed by atoms with E-state index in [0.29, 0.717) is 16.7 Å². The molecule has 2 rings (SSSR count). The molecule has 17 heavy (non-hydrogen) atoms. The first-order valence-corrected chi connectivity index (χ1v) is 6.13. The summed E-state index contributed by atoms with van der Waals surface area (Å²) in [6, 6.07) is 0.340. The molecule has 2 aromatic heterocycles. The molecule has 6 heteroatoms. The molecule has 0 atom stereocenters. The van der Waals surface area contributed by atoms with E-state index in [4.69, 9.17) is 12.2 Å².